The second-order valence-corrected chi connectivity index (χ2v) is 16.9. The molecule has 0 saturated heterocycles. The number of hydrazone groups is 1. The molecule has 1 fully saturated rings. The first-order chi connectivity index (χ1) is 8.00. The van der Waals surface area contributed by atoms with E-state index in [0.29, 0.717) is 12.8 Å². The molecular weight excluding hydrogens is 260 g/mol. The van der Waals surface area contributed by atoms with E-state index in [-0.39, 0.29) is 18.0 Å². The van der Waals surface area contributed by atoms with Gasteiger partial charge in [0.1, 0.15) is 11.6 Å². The number of carbonyl (C=O) groups is 2. The van der Waals surface area contributed by atoms with Crippen LogP contribution in [0.4, 0.5) is 0 Å². The van der Waals surface area contributed by atoms with E-state index in [1.165, 1.54) is 0 Å². The van der Waals surface area contributed by atoms with Crippen LogP contribution in [0.3, 0.4) is 0 Å². The molecule has 1 saturated carbocycles. The third-order valence-electron chi connectivity index (χ3n) is 2.71. The van der Waals surface area contributed by atoms with E-state index in [1.54, 1.807) is 0 Å². The number of carbonyl (C=O) groups excluding carboxylic acids is 2. The topological polar surface area (TPSA) is 49.7 Å². The second kappa shape index (κ2) is 5.09. The Morgan fingerprint density at radius 1 is 0.833 bits per heavy atom. The fourth-order valence-corrected chi connectivity index (χ4v) is 11.3. The summed E-state index contributed by atoms with van der Waals surface area (Å²) in [5.41, 5.74) is 0.765. The molecular formula is C12H24N2O2Si2. The largest absolute Gasteiger partial charge is 0.350 e. The van der Waals surface area contributed by atoms with Gasteiger partial charge in [-0.05, 0) is 0 Å². The Balaban J connectivity index is 3.02. The molecule has 0 aromatic carbocycles. The van der Waals surface area contributed by atoms with Gasteiger partial charge in [-0.3, -0.25) is 9.59 Å². The summed E-state index contributed by atoms with van der Waals surface area (Å²) in [5, 5.41) is 4.71. The maximum atomic E-state index is 11.5. The van der Waals surface area contributed by atoms with Crippen molar-refractivity contribution in [2.24, 2.45) is 5.10 Å². The average Bonchev–Trinajstić information content (AvgIpc) is 2.08. The minimum atomic E-state index is -1.57. The van der Waals surface area contributed by atoms with Gasteiger partial charge in [-0.1, -0.05) is 39.3 Å². The monoisotopic (exact) mass is 284 g/mol. The number of ketones is 2. The van der Waals surface area contributed by atoms with Crippen LogP contribution in [0.2, 0.25) is 39.3 Å². The zero-order valence-electron chi connectivity index (χ0n) is 12.3. The highest BCUT2D eigenvalue weighted by atomic mass is 28.4. The summed E-state index contributed by atoms with van der Waals surface area (Å²) in [6.45, 7) is 13.5. The molecule has 0 aromatic rings. The van der Waals surface area contributed by atoms with Crippen molar-refractivity contribution < 1.29 is 9.59 Å². The highest BCUT2D eigenvalue weighted by Crippen LogP contribution is 2.22. The first-order valence-corrected chi connectivity index (χ1v) is 13.3. The molecule has 4 nitrogen and oxygen atoms in total. The predicted molar refractivity (Wildman–Crippen MR) is 79.8 cm³/mol. The molecule has 0 unspecified atom stereocenters. The molecule has 0 aliphatic heterocycles. The Bertz CT molecular complexity index is 360. The van der Waals surface area contributed by atoms with Gasteiger partial charge in [0.15, 0.2) is 16.5 Å². The van der Waals surface area contributed by atoms with Crippen LogP contribution >= 0.6 is 0 Å². The van der Waals surface area contributed by atoms with Gasteiger partial charge in [0.2, 0.25) is 0 Å². The highest BCUT2D eigenvalue weighted by Gasteiger charge is 2.35. The number of rotatable bonds is 3. The smallest absolute Gasteiger partial charge is 0.158 e. The molecule has 0 radical (unpaired) electrons. The van der Waals surface area contributed by atoms with E-state index in [1.807, 2.05) is 0 Å². The first kappa shape index (κ1) is 15.3. The quantitative estimate of drug-likeness (QED) is 0.455. The van der Waals surface area contributed by atoms with Crippen molar-refractivity contribution in [2.45, 2.75) is 58.5 Å². The van der Waals surface area contributed by atoms with E-state index in [9.17, 15) is 9.59 Å². The minimum Gasteiger partial charge on any atom is -0.350 e. The van der Waals surface area contributed by atoms with Gasteiger partial charge in [-0.15, -0.1) is 0 Å². The van der Waals surface area contributed by atoms with E-state index in [2.05, 4.69) is 43.6 Å². The summed E-state index contributed by atoms with van der Waals surface area (Å²) in [4.78, 5) is 22.9. The van der Waals surface area contributed by atoms with Crippen molar-refractivity contribution in [1.29, 1.82) is 0 Å². The molecule has 0 heterocycles. The van der Waals surface area contributed by atoms with Crippen LogP contribution in [0.5, 0.6) is 0 Å². The van der Waals surface area contributed by atoms with Crippen LogP contribution in [0.15, 0.2) is 5.10 Å². The number of nitrogens with zero attached hydrogens (tertiary/aromatic N) is 2. The summed E-state index contributed by atoms with van der Waals surface area (Å²) >= 11 is 0. The van der Waals surface area contributed by atoms with Crippen molar-refractivity contribution in [1.82, 2.24) is 4.34 Å². The van der Waals surface area contributed by atoms with Crippen LogP contribution in [0.25, 0.3) is 0 Å². The van der Waals surface area contributed by atoms with Gasteiger partial charge in [0.05, 0.1) is 12.1 Å². The molecule has 1 aliphatic rings. The molecule has 1 rings (SSSR count). The Kier molecular flexibility index (Phi) is 4.32. The summed E-state index contributed by atoms with van der Waals surface area (Å²) in [6.07, 6.45) is 0.813. The summed E-state index contributed by atoms with van der Waals surface area (Å²) in [7, 11) is -3.13. The zero-order valence-corrected chi connectivity index (χ0v) is 14.3. The normalized spacial score (nSPS) is 18.0. The van der Waals surface area contributed by atoms with Crippen molar-refractivity contribution in [3.8, 4) is 0 Å². The second-order valence-electron chi connectivity index (χ2n) is 6.93. The standard InChI is InChI=1S/C12H24N2O2Si2/c1-17(2,3)14(18(4,5)6)13-10-7-11(15)9-12(16)8-10/h7-9H2,1-6H3. The molecule has 6 heteroatoms. The summed E-state index contributed by atoms with van der Waals surface area (Å²) in [6, 6.07) is 0. The van der Waals surface area contributed by atoms with Gasteiger partial charge >= 0.3 is 0 Å². The van der Waals surface area contributed by atoms with E-state index >= 15 is 0 Å². The number of hydrogen-bond acceptors (Lipinski definition) is 4. The SMILES string of the molecule is C[Si](C)(C)N(N=C1CC(=O)CC(=O)C1)[Si](C)(C)C. The molecule has 0 atom stereocenters. The van der Waals surface area contributed by atoms with Gasteiger partial charge in [0, 0.05) is 12.8 Å². The average molecular weight is 285 g/mol. The number of hydrogen-bond donors (Lipinski definition) is 0. The maximum absolute atomic E-state index is 11.5. The fourth-order valence-electron chi connectivity index (χ4n) is 2.38. The van der Waals surface area contributed by atoms with Crippen molar-refractivity contribution in [2.75, 3.05) is 0 Å². The predicted octanol–water partition coefficient (Wildman–Crippen LogP) is 2.64. The molecule has 0 aromatic heterocycles. The molecule has 102 valence electrons. The molecule has 0 bridgehead atoms. The van der Waals surface area contributed by atoms with Gasteiger partial charge in [-0.25, -0.2) is 5.10 Å². The van der Waals surface area contributed by atoms with Gasteiger partial charge in [0.25, 0.3) is 0 Å². The Labute approximate surface area is 112 Å². The van der Waals surface area contributed by atoms with Crippen LogP contribution in [-0.2, 0) is 9.59 Å². The Morgan fingerprint density at radius 2 is 1.22 bits per heavy atom. The molecule has 0 amide bonds. The number of Topliss-reactive ketones (excluding diaryl/α,β-unsaturated/α-hetero) is 2. The van der Waals surface area contributed by atoms with Crippen LogP contribution in [0, 0.1) is 0 Å². The molecule has 1 aliphatic carbocycles. The lowest BCUT2D eigenvalue weighted by atomic mass is 9.96. The van der Waals surface area contributed by atoms with Crippen LogP contribution < -0.4 is 0 Å². The molecule has 0 spiro atoms. The summed E-state index contributed by atoms with van der Waals surface area (Å²) < 4.78 is 2.27. The van der Waals surface area contributed by atoms with Crippen LogP contribution in [-0.4, -0.2) is 38.1 Å². The lowest BCUT2D eigenvalue weighted by Crippen LogP contribution is -2.56. The lowest BCUT2D eigenvalue weighted by molar-refractivity contribution is -0.126. The van der Waals surface area contributed by atoms with E-state index < -0.39 is 16.5 Å². The van der Waals surface area contributed by atoms with Crippen molar-refractivity contribution in [3.05, 3.63) is 0 Å². The van der Waals surface area contributed by atoms with Crippen molar-refractivity contribution >= 4 is 33.7 Å². The third kappa shape index (κ3) is 4.17. The highest BCUT2D eigenvalue weighted by molar-refractivity contribution is 6.89. The van der Waals surface area contributed by atoms with Crippen LogP contribution in [0.1, 0.15) is 19.3 Å². The Hall–Kier alpha value is -0.756. The van der Waals surface area contributed by atoms with E-state index in [4.69, 9.17) is 5.10 Å². The summed E-state index contributed by atoms with van der Waals surface area (Å²) in [5.74, 6) is 0.0206. The molecule has 18 heavy (non-hydrogen) atoms. The van der Waals surface area contributed by atoms with Gasteiger partial charge in [-0.2, -0.15) is 0 Å². The minimum absolute atomic E-state index is 0.0103. The third-order valence-corrected chi connectivity index (χ3v) is 9.48. The van der Waals surface area contributed by atoms with Gasteiger partial charge < -0.3 is 4.34 Å². The van der Waals surface area contributed by atoms with Crippen molar-refractivity contribution in [3.63, 3.8) is 0 Å². The fraction of sp³-hybridized carbons (Fsp3) is 0.750. The Morgan fingerprint density at radius 3 is 1.56 bits per heavy atom. The van der Waals surface area contributed by atoms with E-state index in [0.717, 1.165) is 5.71 Å². The maximum Gasteiger partial charge on any atom is 0.158 e. The molecule has 0 N–H and O–H groups in total. The lowest BCUT2D eigenvalue weighted by Gasteiger charge is -2.42. The first-order valence-electron chi connectivity index (χ1n) is 6.40. The zero-order chi connectivity index (χ0) is 14.1.